The third-order valence-electron chi connectivity index (χ3n) is 2.58. The Morgan fingerprint density at radius 3 is 2.78 bits per heavy atom. The van der Waals surface area contributed by atoms with Gasteiger partial charge in [-0.15, -0.1) is 0 Å². The number of rotatable bonds is 6. The van der Waals surface area contributed by atoms with Crippen molar-refractivity contribution in [1.82, 2.24) is 10.2 Å². The molecule has 0 heterocycles. The second kappa shape index (κ2) is 7.36. The summed E-state index contributed by atoms with van der Waals surface area (Å²) in [6.45, 7) is 4.04. The molecule has 100 valence electrons. The molecule has 0 saturated carbocycles. The second-order valence-corrected chi connectivity index (χ2v) is 4.66. The molecule has 0 spiro atoms. The quantitative estimate of drug-likeness (QED) is 0.820. The number of carbonyl (C=O) groups excluding carboxylic acids is 1. The Kier molecular flexibility index (Phi) is 6.12. The van der Waals surface area contributed by atoms with Crippen LogP contribution in [0.15, 0.2) is 18.2 Å². The fraction of sp³-hybridized carbons (Fsp3) is 0.462. The molecule has 1 rings (SSSR count). The highest BCUT2D eigenvalue weighted by molar-refractivity contribution is 6.31. The maximum atomic E-state index is 11.4. The molecule has 0 saturated heterocycles. The van der Waals surface area contributed by atoms with Gasteiger partial charge in [-0.2, -0.15) is 0 Å². The van der Waals surface area contributed by atoms with Crippen LogP contribution in [0.5, 0.6) is 0 Å². The van der Waals surface area contributed by atoms with E-state index >= 15 is 0 Å². The van der Waals surface area contributed by atoms with Crippen molar-refractivity contribution >= 4 is 17.5 Å². The van der Waals surface area contributed by atoms with E-state index in [4.69, 9.17) is 17.3 Å². The molecule has 18 heavy (non-hydrogen) atoms. The molecular formula is C13H20ClN3O. The summed E-state index contributed by atoms with van der Waals surface area (Å²) in [5.41, 5.74) is 7.56. The highest BCUT2D eigenvalue weighted by Gasteiger charge is 2.08. The van der Waals surface area contributed by atoms with E-state index in [1.165, 1.54) is 0 Å². The lowest BCUT2D eigenvalue weighted by Gasteiger charge is -2.17. The Hall–Kier alpha value is -1.10. The van der Waals surface area contributed by atoms with Gasteiger partial charge in [0.2, 0.25) is 5.91 Å². The van der Waals surface area contributed by atoms with Crippen molar-refractivity contribution in [3.63, 3.8) is 0 Å². The Bertz CT molecular complexity index is 409. The van der Waals surface area contributed by atoms with E-state index in [2.05, 4.69) is 5.32 Å². The van der Waals surface area contributed by atoms with Gasteiger partial charge in [0.15, 0.2) is 0 Å². The van der Waals surface area contributed by atoms with Gasteiger partial charge in [-0.05, 0) is 31.2 Å². The number of amides is 1. The average Bonchev–Trinajstić information content (AvgIpc) is 2.31. The number of nitrogens with one attached hydrogen (secondary N) is 1. The second-order valence-electron chi connectivity index (χ2n) is 4.26. The highest BCUT2D eigenvalue weighted by atomic mass is 35.5. The molecule has 1 amide bonds. The van der Waals surface area contributed by atoms with E-state index in [0.717, 1.165) is 11.1 Å². The van der Waals surface area contributed by atoms with E-state index < -0.39 is 0 Å². The van der Waals surface area contributed by atoms with E-state index in [9.17, 15) is 4.79 Å². The van der Waals surface area contributed by atoms with Crippen LogP contribution in [0, 0.1) is 0 Å². The standard InChI is InChI=1S/C13H20ClN3O/c1-3-16-13(18)9-17(2)8-11-5-4-10(7-15)6-12(11)14/h4-6H,3,7-9,15H2,1-2H3,(H,16,18). The smallest absolute Gasteiger partial charge is 0.234 e. The number of hydrogen-bond donors (Lipinski definition) is 2. The number of hydrogen-bond acceptors (Lipinski definition) is 3. The van der Waals surface area contributed by atoms with Gasteiger partial charge in [-0.1, -0.05) is 23.7 Å². The van der Waals surface area contributed by atoms with Gasteiger partial charge >= 0.3 is 0 Å². The summed E-state index contributed by atoms with van der Waals surface area (Å²) in [6, 6.07) is 5.79. The summed E-state index contributed by atoms with van der Waals surface area (Å²) in [6.07, 6.45) is 0. The number of nitrogens with two attached hydrogens (primary N) is 1. The van der Waals surface area contributed by atoms with Crippen molar-refractivity contribution in [3.05, 3.63) is 34.3 Å². The van der Waals surface area contributed by atoms with Crippen molar-refractivity contribution in [2.75, 3.05) is 20.1 Å². The average molecular weight is 270 g/mol. The summed E-state index contributed by atoms with van der Waals surface area (Å²) in [7, 11) is 1.89. The molecule has 0 aliphatic rings. The molecule has 1 aromatic rings. The van der Waals surface area contributed by atoms with Gasteiger partial charge in [0.05, 0.1) is 6.54 Å². The van der Waals surface area contributed by atoms with Crippen molar-refractivity contribution in [2.24, 2.45) is 5.73 Å². The van der Waals surface area contributed by atoms with E-state index in [1.807, 2.05) is 37.1 Å². The zero-order valence-corrected chi connectivity index (χ0v) is 11.6. The first-order valence-corrected chi connectivity index (χ1v) is 6.37. The Morgan fingerprint density at radius 2 is 2.22 bits per heavy atom. The topological polar surface area (TPSA) is 58.4 Å². The monoisotopic (exact) mass is 269 g/mol. The molecule has 0 fully saturated rings. The van der Waals surface area contributed by atoms with Crippen LogP contribution in [0.1, 0.15) is 18.1 Å². The molecule has 0 aliphatic carbocycles. The van der Waals surface area contributed by atoms with E-state index in [1.54, 1.807) is 0 Å². The predicted molar refractivity (Wildman–Crippen MR) is 74.4 cm³/mol. The number of benzene rings is 1. The molecule has 0 radical (unpaired) electrons. The van der Waals surface area contributed by atoms with Crippen LogP contribution in [-0.4, -0.2) is 30.9 Å². The van der Waals surface area contributed by atoms with Gasteiger partial charge in [0, 0.05) is 24.7 Å². The molecule has 0 aromatic heterocycles. The first-order chi connectivity index (χ1) is 8.56. The van der Waals surface area contributed by atoms with Gasteiger partial charge in [-0.3, -0.25) is 9.69 Å². The fourth-order valence-corrected chi connectivity index (χ4v) is 1.95. The minimum absolute atomic E-state index is 0.0229. The number of nitrogens with zero attached hydrogens (tertiary/aromatic N) is 1. The van der Waals surface area contributed by atoms with Crippen LogP contribution >= 0.6 is 11.6 Å². The molecule has 4 nitrogen and oxygen atoms in total. The summed E-state index contributed by atoms with van der Waals surface area (Å²) in [5.74, 6) is 0.0229. The van der Waals surface area contributed by atoms with E-state index in [-0.39, 0.29) is 5.91 Å². The minimum Gasteiger partial charge on any atom is -0.355 e. The third kappa shape index (κ3) is 4.64. The normalized spacial score (nSPS) is 10.7. The number of likely N-dealkylation sites (N-methyl/N-ethyl adjacent to an activating group) is 2. The van der Waals surface area contributed by atoms with Crippen LogP contribution < -0.4 is 11.1 Å². The van der Waals surface area contributed by atoms with Crippen LogP contribution in [0.2, 0.25) is 5.02 Å². The fourth-order valence-electron chi connectivity index (χ4n) is 1.69. The molecular weight excluding hydrogens is 250 g/mol. The summed E-state index contributed by atoms with van der Waals surface area (Å²) in [4.78, 5) is 13.4. The van der Waals surface area contributed by atoms with Crippen LogP contribution in [-0.2, 0) is 17.9 Å². The number of halogens is 1. The Balaban J connectivity index is 2.59. The largest absolute Gasteiger partial charge is 0.355 e. The lowest BCUT2D eigenvalue weighted by Crippen LogP contribution is -2.34. The maximum Gasteiger partial charge on any atom is 0.234 e. The summed E-state index contributed by atoms with van der Waals surface area (Å²) < 4.78 is 0. The maximum absolute atomic E-state index is 11.4. The van der Waals surface area contributed by atoms with Crippen molar-refractivity contribution < 1.29 is 4.79 Å². The molecule has 0 unspecified atom stereocenters. The lowest BCUT2D eigenvalue weighted by atomic mass is 10.1. The summed E-state index contributed by atoms with van der Waals surface area (Å²) >= 11 is 6.17. The first-order valence-electron chi connectivity index (χ1n) is 5.99. The van der Waals surface area contributed by atoms with Gasteiger partial charge in [0.1, 0.15) is 0 Å². The summed E-state index contributed by atoms with van der Waals surface area (Å²) in [5, 5.41) is 3.46. The molecule has 0 bridgehead atoms. The van der Waals surface area contributed by atoms with Crippen LogP contribution in [0.4, 0.5) is 0 Å². The molecule has 0 aliphatic heterocycles. The third-order valence-corrected chi connectivity index (χ3v) is 2.93. The van der Waals surface area contributed by atoms with Gasteiger partial charge in [0.25, 0.3) is 0 Å². The molecule has 1 aromatic carbocycles. The van der Waals surface area contributed by atoms with Gasteiger partial charge < -0.3 is 11.1 Å². The lowest BCUT2D eigenvalue weighted by molar-refractivity contribution is -0.121. The first kappa shape index (κ1) is 15.0. The number of carbonyl (C=O) groups is 1. The van der Waals surface area contributed by atoms with Gasteiger partial charge in [-0.25, -0.2) is 0 Å². The zero-order chi connectivity index (χ0) is 13.5. The van der Waals surface area contributed by atoms with Crippen LogP contribution in [0.25, 0.3) is 0 Å². The van der Waals surface area contributed by atoms with Crippen molar-refractivity contribution in [3.8, 4) is 0 Å². The molecule has 0 atom stereocenters. The highest BCUT2D eigenvalue weighted by Crippen LogP contribution is 2.19. The zero-order valence-electron chi connectivity index (χ0n) is 10.9. The van der Waals surface area contributed by atoms with Crippen molar-refractivity contribution in [1.29, 1.82) is 0 Å². The van der Waals surface area contributed by atoms with Crippen molar-refractivity contribution in [2.45, 2.75) is 20.0 Å². The minimum atomic E-state index is 0.0229. The predicted octanol–water partition coefficient (Wildman–Crippen LogP) is 1.37. The Morgan fingerprint density at radius 1 is 1.50 bits per heavy atom. The van der Waals surface area contributed by atoms with Crippen LogP contribution in [0.3, 0.4) is 0 Å². The Labute approximate surface area is 113 Å². The SMILES string of the molecule is CCNC(=O)CN(C)Cc1ccc(CN)cc1Cl. The molecule has 5 heteroatoms. The van der Waals surface area contributed by atoms with E-state index in [0.29, 0.717) is 31.2 Å². The molecule has 3 N–H and O–H groups in total.